The molecule has 0 bridgehead atoms. The highest BCUT2D eigenvalue weighted by atomic mass is 79.9. The number of aryl methyl sites for hydroxylation is 2. The second-order valence-electron chi connectivity index (χ2n) is 4.87. The van der Waals surface area contributed by atoms with Crippen LogP contribution in [0, 0.1) is 6.92 Å². The van der Waals surface area contributed by atoms with Gasteiger partial charge in [-0.25, -0.2) is 4.57 Å². The largest absolute Gasteiger partial charge is 1.00 e. The van der Waals surface area contributed by atoms with E-state index in [4.69, 9.17) is 0 Å². The molecular weight excluding hydrogens is 306 g/mol. The number of rotatable bonds is 7. The first-order chi connectivity index (χ1) is 8.58. The van der Waals surface area contributed by atoms with Gasteiger partial charge in [-0.1, -0.05) is 0 Å². The van der Waals surface area contributed by atoms with E-state index >= 15 is 0 Å². The third-order valence-corrected chi connectivity index (χ3v) is 2.76. The molecule has 5 heteroatoms. The molecule has 0 fully saturated rings. The molecule has 0 aliphatic carbocycles. The predicted octanol–water partition coefficient (Wildman–Crippen LogP) is -2.26. The highest BCUT2D eigenvalue weighted by Gasteiger charge is 2.05. The second-order valence-corrected chi connectivity index (χ2v) is 4.87. The third kappa shape index (κ3) is 8.72. The summed E-state index contributed by atoms with van der Waals surface area (Å²) in [6.07, 6.45) is 5.55. The van der Waals surface area contributed by atoms with Crippen molar-refractivity contribution in [3.63, 3.8) is 0 Å². The van der Waals surface area contributed by atoms with Crippen LogP contribution < -0.4 is 26.9 Å². The van der Waals surface area contributed by atoms with Crippen molar-refractivity contribution in [1.82, 2.24) is 10.2 Å². The summed E-state index contributed by atoms with van der Waals surface area (Å²) in [4.78, 5) is 13.7. The molecule has 0 aliphatic rings. The maximum absolute atomic E-state index is 11.6. The summed E-state index contributed by atoms with van der Waals surface area (Å²) in [7, 11) is 4.08. The number of nitrogens with zero attached hydrogens (tertiary/aromatic N) is 2. The van der Waals surface area contributed by atoms with Crippen molar-refractivity contribution in [2.24, 2.45) is 0 Å². The molecule has 0 aliphatic heterocycles. The van der Waals surface area contributed by atoms with E-state index in [1.807, 2.05) is 31.1 Å². The van der Waals surface area contributed by atoms with Gasteiger partial charge in [-0.3, -0.25) is 4.79 Å². The van der Waals surface area contributed by atoms with Crippen molar-refractivity contribution in [1.29, 1.82) is 0 Å². The van der Waals surface area contributed by atoms with Crippen LogP contribution in [-0.2, 0) is 11.3 Å². The lowest BCUT2D eigenvalue weighted by Gasteiger charge is -2.09. The summed E-state index contributed by atoms with van der Waals surface area (Å²) in [5.41, 5.74) is 1.24. The van der Waals surface area contributed by atoms with Crippen molar-refractivity contribution >= 4 is 5.91 Å². The Morgan fingerprint density at radius 3 is 2.53 bits per heavy atom. The van der Waals surface area contributed by atoms with Crippen LogP contribution in [0.2, 0.25) is 0 Å². The Morgan fingerprint density at radius 1 is 1.32 bits per heavy atom. The van der Waals surface area contributed by atoms with Crippen LogP contribution in [0.1, 0.15) is 18.4 Å². The van der Waals surface area contributed by atoms with Crippen molar-refractivity contribution in [2.45, 2.75) is 26.3 Å². The lowest BCUT2D eigenvalue weighted by Crippen LogP contribution is -3.00. The molecule has 108 valence electrons. The summed E-state index contributed by atoms with van der Waals surface area (Å²) < 4.78 is 2.03. The topological polar surface area (TPSA) is 36.2 Å². The molecule has 0 unspecified atom stereocenters. The zero-order chi connectivity index (χ0) is 13.4. The number of pyridine rings is 1. The van der Waals surface area contributed by atoms with Gasteiger partial charge in [0.05, 0.1) is 6.42 Å². The molecule has 1 aromatic heterocycles. The second kappa shape index (κ2) is 9.92. The molecule has 19 heavy (non-hydrogen) atoms. The van der Waals surface area contributed by atoms with Crippen LogP contribution in [0.5, 0.6) is 0 Å². The third-order valence-electron chi connectivity index (χ3n) is 2.76. The van der Waals surface area contributed by atoms with Crippen LogP contribution in [0.3, 0.4) is 0 Å². The Labute approximate surface area is 126 Å². The van der Waals surface area contributed by atoms with E-state index in [2.05, 4.69) is 29.3 Å². The standard InChI is InChI=1S/C14H23N3O.BrH/c1-13-5-10-17(11-6-13)12-7-14(18)15-8-4-9-16(2)3;/h5-6,10-11H,4,7-9,12H2,1-3H3;1H. The predicted molar refractivity (Wildman–Crippen MR) is 72.2 cm³/mol. The van der Waals surface area contributed by atoms with Crippen LogP contribution in [0.4, 0.5) is 0 Å². The van der Waals surface area contributed by atoms with Crippen LogP contribution >= 0.6 is 0 Å². The summed E-state index contributed by atoms with van der Waals surface area (Å²) in [6.45, 7) is 4.56. The smallest absolute Gasteiger partial charge is 0.226 e. The Hall–Kier alpha value is -0.940. The van der Waals surface area contributed by atoms with E-state index in [-0.39, 0.29) is 22.9 Å². The van der Waals surface area contributed by atoms with Gasteiger partial charge in [0, 0.05) is 18.7 Å². The van der Waals surface area contributed by atoms with E-state index in [1.54, 1.807) is 0 Å². The molecule has 0 radical (unpaired) electrons. The SMILES string of the molecule is Cc1cc[n+](CCC(=O)NCCCN(C)C)cc1.[Br-]. The van der Waals surface area contributed by atoms with E-state index in [0.717, 1.165) is 26.1 Å². The molecule has 0 atom stereocenters. The average molecular weight is 330 g/mol. The molecule has 1 heterocycles. The van der Waals surface area contributed by atoms with Gasteiger partial charge in [-0.15, -0.1) is 0 Å². The van der Waals surface area contributed by atoms with E-state index in [0.29, 0.717) is 6.42 Å². The van der Waals surface area contributed by atoms with Crippen LogP contribution in [-0.4, -0.2) is 38.0 Å². The average Bonchev–Trinajstić information content (AvgIpc) is 2.34. The number of nitrogens with one attached hydrogen (secondary N) is 1. The fraction of sp³-hybridized carbons (Fsp3) is 0.571. The summed E-state index contributed by atoms with van der Waals surface area (Å²) in [5.74, 6) is 0.127. The Balaban J connectivity index is 0.00000324. The van der Waals surface area contributed by atoms with Gasteiger partial charge in [0.1, 0.15) is 0 Å². The first-order valence-corrected chi connectivity index (χ1v) is 6.45. The van der Waals surface area contributed by atoms with Gasteiger partial charge >= 0.3 is 0 Å². The van der Waals surface area contributed by atoms with E-state index in [9.17, 15) is 4.79 Å². The minimum atomic E-state index is 0. The highest BCUT2D eigenvalue weighted by molar-refractivity contribution is 5.75. The normalized spacial score (nSPS) is 10.1. The number of halogens is 1. The monoisotopic (exact) mass is 329 g/mol. The fourth-order valence-electron chi connectivity index (χ4n) is 1.62. The number of carbonyl (C=O) groups is 1. The van der Waals surface area contributed by atoms with Crippen molar-refractivity contribution in [3.8, 4) is 0 Å². The molecule has 1 rings (SSSR count). The number of hydrogen-bond donors (Lipinski definition) is 1. The Morgan fingerprint density at radius 2 is 1.95 bits per heavy atom. The molecular formula is C14H24BrN3O. The molecule has 0 saturated carbocycles. The summed E-state index contributed by atoms with van der Waals surface area (Å²) in [6, 6.07) is 4.10. The highest BCUT2D eigenvalue weighted by Crippen LogP contribution is 1.90. The zero-order valence-corrected chi connectivity index (χ0v) is 13.6. The van der Waals surface area contributed by atoms with Gasteiger partial charge in [0.25, 0.3) is 0 Å². The molecule has 0 aromatic carbocycles. The maximum Gasteiger partial charge on any atom is 0.226 e. The minimum absolute atomic E-state index is 0. The number of hydrogen-bond acceptors (Lipinski definition) is 2. The van der Waals surface area contributed by atoms with Crippen LogP contribution in [0.15, 0.2) is 24.5 Å². The van der Waals surface area contributed by atoms with Crippen molar-refractivity contribution in [3.05, 3.63) is 30.1 Å². The van der Waals surface area contributed by atoms with Crippen molar-refractivity contribution in [2.75, 3.05) is 27.2 Å². The van der Waals surface area contributed by atoms with Gasteiger partial charge in [0.2, 0.25) is 5.91 Å². The molecule has 1 amide bonds. The zero-order valence-electron chi connectivity index (χ0n) is 12.0. The molecule has 1 N–H and O–H groups in total. The molecule has 0 spiro atoms. The maximum atomic E-state index is 11.6. The molecule has 0 saturated heterocycles. The summed E-state index contributed by atoms with van der Waals surface area (Å²) in [5, 5.41) is 2.94. The number of carbonyl (C=O) groups excluding carboxylic acids is 1. The van der Waals surface area contributed by atoms with Crippen molar-refractivity contribution < 1.29 is 26.3 Å². The minimum Gasteiger partial charge on any atom is -1.00 e. The number of amides is 1. The Bertz CT molecular complexity index is 365. The van der Waals surface area contributed by atoms with Crippen LogP contribution in [0.25, 0.3) is 0 Å². The van der Waals surface area contributed by atoms with Gasteiger partial charge in [-0.05, 0) is 39.5 Å². The first kappa shape index (κ1) is 18.1. The van der Waals surface area contributed by atoms with Gasteiger partial charge in [-0.2, -0.15) is 0 Å². The Kier molecular flexibility index (Phi) is 9.43. The summed E-state index contributed by atoms with van der Waals surface area (Å²) >= 11 is 0. The lowest BCUT2D eigenvalue weighted by atomic mass is 10.3. The molecule has 4 nitrogen and oxygen atoms in total. The molecule has 1 aromatic rings. The lowest BCUT2D eigenvalue weighted by molar-refractivity contribution is -0.695. The van der Waals surface area contributed by atoms with Gasteiger partial charge < -0.3 is 27.2 Å². The number of aromatic nitrogens is 1. The van der Waals surface area contributed by atoms with E-state index < -0.39 is 0 Å². The quantitative estimate of drug-likeness (QED) is 0.453. The fourth-order valence-corrected chi connectivity index (χ4v) is 1.62. The van der Waals surface area contributed by atoms with Gasteiger partial charge in [0.15, 0.2) is 18.9 Å². The first-order valence-electron chi connectivity index (χ1n) is 6.45. The van der Waals surface area contributed by atoms with E-state index in [1.165, 1.54) is 5.56 Å².